The van der Waals surface area contributed by atoms with Gasteiger partial charge in [-0.25, -0.2) is 0 Å². The van der Waals surface area contributed by atoms with Gasteiger partial charge in [0.15, 0.2) is 0 Å². The Morgan fingerprint density at radius 3 is 2.64 bits per heavy atom. The molecule has 2 atom stereocenters. The lowest BCUT2D eigenvalue weighted by molar-refractivity contribution is 0.0556. The summed E-state index contributed by atoms with van der Waals surface area (Å²) in [5.74, 6) is 0.519. The summed E-state index contributed by atoms with van der Waals surface area (Å²) in [6.45, 7) is 0.817. The molecule has 4 rings (SSSR count). The third kappa shape index (κ3) is 3.48. The molecule has 0 aliphatic heterocycles. The highest BCUT2D eigenvalue weighted by Crippen LogP contribution is 2.31. The minimum Gasteiger partial charge on any atom is -0.393 e. The van der Waals surface area contributed by atoms with Crippen molar-refractivity contribution in [2.24, 2.45) is 5.92 Å². The van der Waals surface area contributed by atoms with Gasteiger partial charge in [-0.3, -0.25) is 0 Å². The van der Waals surface area contributed by atoms with Gasteiger partial charge in [-0.15, -0.1) is 0 Å². The molecule has 1 aromatic heterocycles. The predicted molar refractivity (Wildman–Crippen MR) is 103 cm³/mol. The first kappa shape index (κ1) is 16.4. The lowest BCUT2D eigenvalue weighted by Crippen LogP contribution is -2.32. The second-order valence-corrected chi connectivity index (χ2v) is 7.13. The van der Waals surface area contributed by atoms with Crippen molar-refractivity contribution in [2.75, 3.05) is 6.54 Å². The van der Waals surface area contributed by atoms with Crippen LogP contribution in [-0.2, 0) is 0 Å². The number of rotatable bonds is 7. The molecule has 0 radical (unpaired) electrons. The number of aliphatic hydroxyl groups excluding tert-OH is 1. The summed E-state index contributed by atoms with van der Waals surface area (Å²) in [6.07, 6.45) is 6.30. The third-order valence-corrected chi connectivity index (χ3v) is 5.56. The fourth-order valence-corrected chi connectivity index (χ4v) is 3.85. The van der Waals surface area contributed by atoms with Crippen molar-refractivity contribution in [1.82, 2.24) is 10.3 Å². The molecule has 1 saturated carbocycles. The SMILES string of the molecule is OC(CCNC(c1ccccc1)c1cccc2[nH]ccc12)C1CCC1. The lowest BCUT2D eigenvalue weighted by Gasteiger charge is -2.31. The van der Waals surface area contributed by atoms with Crippen molar-refractivity contribution < 1.29 is 5.11 Å². The molecule has 3 aromatic rings. The van der Waals surface area contributed by atoms with Crippen LogP contribution in [0.5, 0.6) is 0 Å². The molecule has 1 fully saturated rings. The van der Waals surface area contributed by atoms with Gasteiger partial charge in [-0.2, -0.15) is 0 Å². The van der Waals surface area contributed by atoms with Gasteiger partial charge in [0.2, 0.25) is 0 Å². The highest BCUT2D eigenvalue weighted by atomic mass is 16.3. The van der Waals surface area contributed by atoms with E-state index >= 15 is 0 Å². The van der Waals surface area contributed by atoms with E-state index in [4.69, 9.17) is 0 Å². The van der Waals surface area contributed by atoms with Gasteiger partial charge in [0, 0.05) is 17.1 Å². The van der Waals surface area contributed by atoms with Crippen molar-refractivity contribution >= 4 is 10.9 Å². The van der Waals surface area contributed by atoms with Crippen LogP contribution in [0.3, 0.4) is 0 Å². The number of hydrogen-bond acceptors (Lipinski definition) is 2. The molecule has 3 N–H and O–H groups in total. The van der Waals surface area contributed by atoms with Crippen molar-refractivity contribution in [2.45, 2.75) is 37.8 Å². The molecule has 2 aromatic carbocycles. The van der Waals surface area contributed by atoms with Gasteiger partial charge >= 0.3 is 0 Å². The Hall–Kier alpha value is -2.10. The van der Waals surface area contributed by atoms with Gasteiger partial charge in [0.25, 0.3) is 0 Å². The van der Waals surface area contributed by atoms with E-state index in [0.717, 1.165) is 18.5 Å². The maximum absolute atomic E-state index is 10.3. The fraction of sp³-hybridized carbons (Fsp3) is 0.364. The van der Waals surface area contributed by atoms with E-state index in [-0.39, 0.29) is 12.1 Å². The summed E-state index contributed by atoms with van der Waals surface area (Å²) in [5.41, 5.74) is 3.70. The normalized spacial score (nSPS) is 17.3. The van der Waals surface area contributed by atoms with Crippen LogP contribution < -0.4 is 5.32 Å². The predicted octanol–water partition coefficient (Wildman–Crippen LogP) is 4.40. The van der Waals surface area contributed by atoms with Crippen LogP contribution in [0.4, 0.5) is 0 Å². The number of aliphatic hydroxyl groups is 1. The molecule has 0 bridgehead atoms. The summed E-state index contributed by atoms with van der Waals surface area (Å²) in [7, 11) is 0. The standard InChI is InChI=1S/C22H26N2O/c25-21(16-8-4-9-16)13-15-24-22(17-6-2-1-3-7-17)19-10-5-11-20-18(19)12-14-23-20/h1-3,5-7,10-12,14,16,21-25H,4,8-9,13,15H2. The van der Waals surface area contributed by atoms with Gasteiger partial charge in [-0.1, -0.05) is 48.9 Å². The average molecular weight is 334 g/mol. The van der Waals surface area contributed by atoms with E-state index in [1.165, 1.54) is 35.8 Å². The zero-order chi connectivity index (χ0) is 17.1. The number of nitrogens with one attached hydrogen (secondary N) is 2. The quantitative estimate of drug-likeness (QED) is 0.600. The second-order valence-electron chi connectivity index (χ2n) is 7.13. The third-order valence-electron chi connectivity index (χ3n) is 5.56. The van der Waals surface area contributed by atoms with Gasteiger partial charge in [-0.05, 0) is 55.0 Å². The maximum Gasteiger partial charge on any atom is 0.0583 e. The summed E-state index contributed by atoms with van der Waals surface area (Å²) < 4.78 is 0. The first-order valence-corrected chi connectivity index (χ1v) is 9.35. The molecule has 0 saturated heterocycles. The first-order valence-electron chi connectivity index (χ1n) is 9.35. The van der Waals surface area contributed by atoms with Crippen LogP contribution in [0.15, 0.2) is 60.8 Å². The minimum atomic E-state index is -0.166. The Morgan fingerprint density at radius 1 is 1.04 bits per heavy atom. The molecule has 25 heavy (non-hydrogen) atoms. The topological polar surface area (TPSA) is 48.0 Å². The Balaban J connectivity index is 1.55. The Labute approximate surface area is 149 Å². The highest BCUT2D eigenvalue weighted by molar-refractivity contribution is 5.83. The van der Waals surface area contributed by atoms with E-state index in [1.54, 1.807) is 0 Å². The maximum atomic E-state index is 10.3. The number of benzene rings is 2. The zero-order valence-corrected chi connectivity index (χ0v) is 14.5. The van der Waals surface area contributed by atoms with Crippen LogP contribution >= 0.6 is 0 Å². The molecule has 1 aliphatic rings. The van der Waals surface area contributed by atoms with E-state index in [9.17, 15) is 5.11 Å². The molecular formula is C22H26N2O. The Kier molecular flexibility index (Phi) is 4.86. The summed E-state index contributed by atoms with van der Waals surface area (Å²) in [6, 6.07) is 19.3. The van der Waals surface area contributed by atoms with Crippen LogP contribution in [0, 0.1) is 5.92 Å². The van der Waals surface area contributed by atoms with Gasteiger partial charge < -0.3 is 15.4 Å². The lowest BCUT2D eigenvalue weighted by atomic mass is 9.80. The Bertz CT molecular complexity index is 807. The molecule has 1 heterocycles. The number of aromatic amines is 1. The zero-order valence-electron chi connectivity index (χ0n) is 14.5. The molecular weight excluding hydrogens is 308 g/mol. The number of fused-ring (bicyclic) bond motifs is 1. The molecule has 130 valence electrons. The molecule has 2 unspecified atom stereocenters. The second kappa shape index (κ2) is 7.42. The number of hydrogen-bond donors (Lipinski definition) is 3. The minimum absolute atomic E-state index is 0.134. The van der Waals surface area contributed by atoms with Crippen molar-refractivity contribution in [1.29, 1.82) is 0 Å². The van der Waals surface area contributed by atoms with Crippen molar-refractivity contribution in [3.8, 4) is 0 Å². The molecule has 3 nitrogen and oxygen atoms in total. The van der Waals surface area contributed by atoms with Crippen LogP contribution in [0.2, 0.25) is 0 Å². The van der Waals surface area contributed by atoms with E-state index < -0.39 is 0 Å². The van der Waals surface area contributed by atoms with Crippen LogP contribution in [0.25, 0.3) is 10.9 Å². The number of aromatic nitrogens is 1. The van der Waals surface area contributed by atoms with E-state index in [1.807, 2.05) is 6.20 Å². The molecule has 0 amide bonds. The van der Waals surface area contributed by atoms with Gasteiger partial charge in [0.1, 0.15) is 0 Å². The highest BCUT2D eigenvalue weighted by Gasteiger charge is 2.25. The van der Waals surface area contributed by atoms with Crippen LogP contribution in [-0.4, -0.2) is 22.7 Å². The average Bonchev–Trinajstić information content (AvgIpc) is 3.07. The van der Waals surface area contributed by atoms with E-state index in [2.05, 4.69) is 64.9 Å². The monoisotopic (exact) mass is 334 g/mol. The van der Waals surface area contributed by atoms with Crippen molar-refractivity contribution in [3.63, 3.8) is 0 Å². The largest absolute Gasteiger partial charge is 0.393 e. The molecule has 3 heteroatoms. The summed E-state index contributed by atoms with van der Waals surface area (Å²) >= 11 is 0. The van der Waals surface area contributed by atoms with Crippen molar-refractivity contribution in [3.05, 3.63) is 71.9 Å². The summed E-state index contributed by atoms with van der Waals surface area (Å²) in [4.78, 5) is 3.30. The Morgan fingerprint density at radius 2 is 1.88 bits per heavy atom. The summed E-state index contributed by atoms with van der Waals surface area (Å²) in [5, 5.41) is 15.3. The number of H-pyrrole nitrogens is 1. The smallest absolute Gasteiger partial charge is 0.0583 e. The molecule has 1 aliphatic carbocycles. The first-order chi connectivity index (χ1) is 12.3. The van der Waals surface area contributed by atoms with Crippen LogP contribution in [0.1, 0.15) is 42.9 Å². The van der Waals surface area contributed by atoms with E-state index in [0.29, 0.717) is 5.92 Å². The van der Waals surface area contributed by atoms with Gasteiger partial charge in [0.05, 0.1) is 12.1 Å². The fourth-order valence-electron chi connectivity index (χ4n) is 3.85. The molecule has 0 spiro atoms.